The summed E-state index contributed by atoms with van der Waals surface area (Å²) in [6, 6.07) is 0.312. The first-order chi connectivity index (χ1) is 14.4. The van der Waals surface area contributed by atoms with E-state index in [4.69, 9.17) is 0 Å². The smallest absolute Gasteiger partial charge is 0.259 e. The van der Waals surface area contributed by atoms with Gasteiger partial charge in [-0.2, -0.15) is 11.8 Å². The molecule has 0 bridgehead atoms. The van der Waals surface area contributed by atoms with E-state index in [9.17, 15) is 9.59 Å². The van der Waals surface area contributed by atoms with Crippen molar-refractivity contribution in [1.29, 1.82) is 0 Å². The minimum absolute atomic E-state index is 0.00103. The van der Waals surface area contributed by atoms with E-state index in [1.807, 2.05) is 0 Å². The number of amides is 1. The molecule has 2 heterocycles. The van der Waals surface area contributed by atoms with E-state index < -0.39 is 0 Å². The predicted octanol–water partition coefficient (Wildman–Crippen LogP) is 4.67. The van der Waals surface area contributed by atoms with Crippen LogP contribution in [0.15, 0.2) is 4.79 Å². The van der Waals surface area contributed by atoms with E-state index in [0.717, 1.165) is 47.5 Å². The number of aryl methyl sites for hydroxylation is 2. The maximum atomic E-state index is 12.5. The summed E-state index contributed by atoms with van der Waals surface area (Å²) in [5.41, 5.74) is 1.22. The quantitative estimate of drug-likeness (QED) is 0.605. The van der Waals surface area contributed by atoms with Gasteiger partial charge in [-0.15, -0.1) is 11.3 Å². The molecule has 0 aromatic carbocycles. The Morgan fingerprint density at radius 3 is 2.97 bits per heavy atom. The lowest BCUT2D eigenvalue weighted by molar-refractivity contribution is -0.122. The number of hydrogen-bond acceptors (Lipinski definition) is 5. The first-order valence-electron chi connectivity index (χ1n) is 11.3. The standard InChI is InChI=1S/C23H33N3O2S2/c1-13(2)15-8-7-14(3)11-17(15)24-20(27)9-10-29-12-19-25-22(28)21-16-5-4-6-18(16)30-23(21)26-19/h13-15,17H,4-12H2,1-3H3,(H,24,27)(H,25,26,28). The summed E-state index contributed by atoms with van der Waals surface area (Å²) in [4.78, 5) is 34.9. The minimum Gasteiger partial charge on any atom is -0.353 e. The molecule has 2 aliphatic rings. The Morgan fingerprint density at radius 1 is 1.33 bits per heavy atom. The molecule has 5 nitrogen and oxygen atoms in total. The van der Waals surface area contributed by atoms with Crippen LogP contribution < -0.4 is 10.9 Å². The fourth-order valence-corrected chi connectivity index (χ4v) is 7.18. The molecule has 1 saturated carbocycles. The van der Waals surface area contributed by atoms with Crippen LogP contribution in [0, 0.1) is 17.8 Å². The van der Waals surface area contributed by atoms with Gasteiger partial charge >= 0.3 is 0 Å². The van der Waals surface area contributed by atoms with Gasteiger partial charge in [-0.25, -0.2) is 4.98 Å². The third kappa shape index (κ3) is 4.77. The number of thioether (sulfide) groups is 1. The Labute approximate surface area is 186 Å². The van der Waals surface area contributed by atoms with Gasteiger partial charge < -0.3 is 10.3 Å². The molecule has 164 valence electrons. The zero-order chi connectivity index (χ0) is 21.3. The second kappa shape index (κ2) is 9.43. The molecule has 1 amide bonds. The van der Waals surface area contributed by atoms with Crippen molar-refractivity contribution in [1.82, 2.24) is 15.3 Å². The van der Waals surface area contributed by atoms with Crippen LogP contribution in [-0.2, 0) is 23.4 Å². The Bertz CT molecular complexity index is 965. The maximum Gasteiger partial charge on any atom is 0.259 e. The highest BCUT2D eigenvalue weighted by molar-refractivity contribution is 7.98. The second-order valence-electron chi connectivity index (χ2n) is 9.35. The van der Waals surface area contributed by atoms with Gasteiger partial charge in [0.2, 0.25) is 5.91 Å². The number of nitrogens with one attached hydrogen (secondary N) is 2. The number of nitrogens with zero attached hydrogens (tertiary/aromatic N) is 1. The number of fused-ring (bicyclic) bond motifs is 3. The summed E-state index contributed by atoms with van der Waals surface area (Å²) in [7, 11) is 0. The van der Waals surface area contributed by atoms with Crippen molar-refractivity contribution in [3.63, 3.8) is 0 Å². The van der Waals surface area contributed by atoms with Crippen molar-refractivity contribution in [2.45, 2.75) is 77.5 Å². The SMILES string of the molecule is CC1CCC(C(C)C)C(NC(=O)CCSCc2nc3sc4c(c3c(=O)[nH]2)CCC4)C1. The molecule has 3 unspecified atom stereocenters. The van der Waals surface area contributed by atoms with Gasteiger partial charge in [0.05, 0.1) is 11.1 Å². The van der Waals surface area contributed by atoms with Crippen molar-refractivity contribution < 1.29 is 4.79 Å². The fraction of sp³-hybridized carbons (Fsp3) is 0.696. The van der Waals surface area contributed by atoms with Crippen LogP contribution in [0.3, 0.4) is 0 Å². The van der Waals surface area contributed by atoms with Crippen LogP contribution in [-0.4, -0.2) is 27.7 Å². The number of aromatic nitrogens is 2. The molecule has 4 rings (SSSR count). The van der Waals surface area contributed by atoms with Crippen molar-refractivity contribution >= 4 is 39.2 Å². The number of thiophene rings is 1. The number of carbonyl (C=O) groups excluding carboxylic acids is 1. The molecule has 0 radical (unpaired) electrons. The van der Waals surface area contributed by atoms with Gasteiger partial charge in [0, 0.05) is 23.1 Å². The molecule has 3 atom stereocenters. The normalized spacial score (nSPS) is 23.8. The zero-order valence-corrected chi connectivity index (χ0v) is 19.9. The lowest BCUT2D eigenvalue weighted by Crippen LogP contribution is -2.45. The average Bonchev–Trinajstić information content (AvgIpc) is 3.25. The molecule has 30 heavy (non-hydrogen) atoms. The number of carbonyl (C=O) groups is 1. The molecule has 1 fully saturated rings. The van der Waals surface area contributed by atoms with Gasteiger partial charge in [-0.1, -0.05) is 27.2 Å². The maximum absolute atomic E-state index is 12.5. The monoisotopic (exact) mass is 447 g/mol. The van der Waals surface area contributed by atoms with Gasteiger partial charge in [-0.3, -0.25) is 9.59 Å². The van der Waals surface area contributed by atoms with Crippen molar-refractivity contribution in [3.8, 4) is 0 Å². The van der Waals surface area contributed by atoms with Crippen molar-refractivity contribution in [3.05, 3.63) is 26.6 Å². The lowest BCUT2D eigenvalue weighted by atomic mass is 9.74. The summed E-state index contributed by atoms with van der Waals surface area (Å²) in [5, 5.41) is 4.12. The topological polar surface area (TPSA) is 74.8 Å². The first-order valence-corrected chi connectivity index (χ1v) is 13.3. The Hall–Kier alpha value is -1.34. The number of hydrogen-bond donors (Lipinski definition) is 2. The predicted molar refractivity (Wildman–Crippen MR) is 126 cm³/mol. The molecule has 0 saturated heterocycles. The highest BCUT2D eigenvalue weighted by Gasteiger charge is 2.31. The van der Waals surface area contributed by atoms with Crippen LogP contribution in [0.5, 0.6) is 0 Å². The van der Waals surface area contributed by atoms with Gasteiger partial charge in [-0.05, 0) is 55.4 Å². The first kappa shape index (κ1) is 21.9. The molecule has 7 heteroatoms. The number of aromatic amines is 1. The third-order valence-electron chi connectivity index (χ3n) is 6.70. The van der Waals surface area contributed by atoms with E-state index >= 15 is 0 Å². The average molecular weight is 448 g/mol. The van der Waals surface area contributed by atoms with Crippen LogP contribution in [0.25, 0.3) is 10.2 Å². The van der Waals surface area contributed by atoms with Crippen LogP contribution >= 0.6 is 23.1 Å². The molecular formula is C23H33N3O2S2. The molecule has 0 spiro atoms. The van der Waals surface area contributed by atoms with Crippen molar-refractivity contribution in [2.75, 3.05) is 5.75 Å². The highest BCUT2D eigenvalue weighted by Crippen LogP contribution is 2.35. The van der Waals surface area contributed by atoms with Crippen molar-refractivity contribution in [2.24, 2.45) is 17.8 Å². The second-order valence-corrected chi connectivity index (χ2v) is 11.5. The molecule has 2 aromatic rings. The van der Waals surface area contributed by atoms with Gasteiger partial charge in [0.25, 0.3) is 5.56 Å². The highest BCUT2D eigenvalue weighted by atomic mass is 32.2. The van der Waals surface area contributed by atoms with E-state index in [2.05, 4.69) is 36.1 Å². The molecule has 2 N–H and O–H groups in total. The van der Waals surface area contributed by atoms with E-state index in [1.165, 1.54) is 23.3 Å². The number of H-pyrrole nitrogens is 1. The Balaban J connectivity index is 1.27. The summed E-state index contributed by atoms with van der Waals surface area (Å²) in [5.74, 6) is 4.13. The lowest BCUT2D eigenvalue weighted by Gasteiger charge is -2.37. The summed E-state index contributed by atoms with van der Waals surface area (Å²) in [6.45, 7) is 6.82. The zero-order valence-electron chi connectivity index (χ0n) is 18.3. The summed E-state index contributed by atoms with van der Waals surface area (Å²) in [6.07, 6.45) is 7.32. The minimum atomic E-state index is -0.00103. The van der Waals surface area contributed by atoms with Gasteiger partial charge in [0.15, 0.2) is 0 Å². The fourth-order valence-electron chi connectivity index (χ4n) is 5.10. The van der Waals surface area contributed by atoms with Crippen LogP contribution in [0.2, 0.25) is 0 Å². The summed E-state index contributed by atoms with van der Waals surface area (Å²) < 4.78 is 0. The van der Waals surface area contributed by atoms with E-state index in [0.29, 0.717) is 36.0 Å². The molecule has 2 aromatic heterocycles. The Kier molecular flexibility index (Phi) is 6.88. The van der Waals surface area contributed by atoms with Gasteiger partial charge in [0.1, 0.15) is 10.7 Å². The molecule has 0 aliphatic heterocycles. The largest absolute Gasteiger partial charge is 0.353 e. The van der Waals surface area contributed by atoms with Crippen LogP contribution in [0.4, 0.5) is 0 Å². The van der Waals surface area contributed by atoms with Crippen LogP contribution in [0.1, 0.15) is 69.1 Å². The number of rotatable bonds is 7. The molecule has 2 aliphatic carbocycles. The molecular weight excluding hydrogens is 414 g/mol. The summed E-state index contributed by atoms with van der Waals surface area (Å²) >= 11 is 3.34. The Morgan fingerprint density at radius 2 is 2.17 bits per heavy atom. The van der Waals surface area contributed by atoms with E-state index in [1.54, 1.807) is 23.1 Å². The van der Waals surface area contributed by atoms with E-state index in [-0.39, 0.29) is 11.5 Å². The third-order valence-corrected chi connectivity index (χ3v) is 8.86.